The summed E-state index contributed by atoms with van der Waals surface area (Å²) in [4.78, 5) is 3.87. The molecule has 1 heterocycles. The predicted molar refractivity (Wildman–Crippen MR) is 105 cm³/mol. The molecule has 148 valence electrons. The number of hydrogen-bond donors (Lipinski definition) is 1. The van der Waals surface area contributed by atoms with Crippen molar-refractivity contribution >= 4 is 26.0 Å². The number of benzene rings is 2. The van der Waals surface area contributed by atoms with E-state index in [1.165, 1.54) is 43.3 Å². The van der Waals surface area contributed by atoms with Crippen LogP contribution in [0, 0.1) is 5.82 Å². The number of hydrogen-bond acceptors (Lipinski definition) is 5. The molecule has 0 saturated heterocycles. The summed E-state index contributed by atoms with van der Waals surface area (Å²) >= 11 is 3.23. The van der Waals surface area contributed by atoms with E-state index in [4.69, 9.17) is 9.47 Å². The molecule has 0 radical (unpaired) electrons. The summed E-state index contributed by atoms with van der Waals surface area (Å²) in [5.74, 6) is 0.189. The zero-order chi connectivity index (χ0) is 20.3. The fourth-order valence-electron chi connectivity index (χ4n) is 2.57. The number of rotatable bonds is 7. The molecule has 0 amide bonds. The summed E-state index contributed by atoms with van der Waals surface area (Å²) in [5, 5.41) is 0. The number of methoxy groups -OCH3 is 2. The fraction of sp³-hybridized carbons (Fsp3) is 0.167. The first-order valence-electron chi connectivity index (χ1n) is 8.03. The van der Waals surface area contributed by atoms with E-state index in [9.17, 15) is 12.8 Å². The highest BCUT2D eigenvalue weighted by Crippen LogP contribution is 2.35. The van der Waals surface area contributed by atoms with Crippen molar-refractivity contribution in [1.82, 2.24) is 14.3 Å². The van der Waals surface area contributed by atoms with Crippen LogP contribution in [0.2, 0.25) is 0 Å². The fourth-order valence-corrected chi connectivity index (χ4v) is 4.62. The first kappa shape index (κ1) is 20.3. The second-order valence-electron chi connectivity index (χ2n) is 5.72. The van der Waals surface area contributed by atoms with Crippen LogP contribution in [-0.2, 0) is 16.6 Å². The van der Waals surface area contributed by atoms with Crippen LogP contribution in [0.25, 0.3) is 5.69 Å². The van der Waals surface area contributed by atoms with Gasteiger partial charge in [-0.15, -0.1) is 0 Å². The second kappa shape index (κ2) is 8.29. The van der Waals surface area contributed by atoms with Crippen molar-refractivity contribution in [1.29, 1.82) is 0 Å². The molecule has 0 spiro atoms. The first-order chi connectivity index (χ1) is 13.4. The Morgan fingerprint density at radius 2 is 1.89 bits per heavy atom. The zero-order valence-corrected chi connectivity index (χ0v) is 17.4. The molecule has 0 saturated carbocycles. The van der Waals surface area contributed by atoms with E-state index in [0.717, 1.165) is 0 Å². The maximum Gasteiger partial charge on any atom is 0.242 e. The van der Waals surface area contributed by atoms with Gasteiger partial charge in [0.2, 0.25) is 10.0 Å². The van der Waals surface area contributed by atoms with Crippen LogP contribution in [0.3, 0.4) is 0 Å². The minimum atomic E-state index is -3.88. The lowest BCUT2D eigenvalue weighted by molar-refractivity contribution is 0.353. The van der Waals surface area contributed by atoms with Gasteiger partial charge in [0, 0.05) is 29.5 Å². The third-order valence-corrected chi connectivity index (χ3v) is 6.35. The van der Waals surface area contributed by atoms with E-state index in [0.29, 0.717) is 21.5 Å². The van der Waals surface area contributed by atoms with Crippen LogP contribution < -0.4 is 14.2 Å². The Labute approximate surface area is 170 Å². The van der Waals surface area contributed by atoms with Crippen LogP contribution in [0.5, 0.6) is 11.5 Å². The van der Waals surface area contributed by atoms with Gasteiger partial charge in [0.15, 0.2) is 11.5 Å². The molecule has 2 aromatic carbocycles. The van der Waals surface area contributed by atoms with Crippen LogP contribution in [-0.4, -0.2) is 32.2 Å². The summed E-state index contributed by atoms with van der Waals surface area (Å²) in [5.41, 5.74) is 0.799. The molecule has 0 unspecified atom stereocenters. The summed E-state index contributed by atoms with van der Waals surface area (Å²) in [7, 11) is -1.01. The van der Waals surface area contributed by atoms with Crippen molar-refractivity contribution in [2.75, 3.05) is 14.2 Å². The summed E-state index contributed by atoms with van der Waals surface area (Å²) in [6, 6.07) is 7.35. The Kier molecular flexibility index (Phi) is 6.01. The van der Waals surface area contributed by atoms with Gasteiger partial charge in [-0.05, 0) is 39.7 Å². The highest BCUT2D eigenvalue weighted by atomic mass is 79.9. The Balaban J connectivity index is 1.81. The van der Waals surface area contributed by atoms with E-state index in [-0.39, 0.29) is 17.2 Å². The number of ether oxygens (including phenoxy) is 2. The predicted octanol–water partition coefficient (Wildman–Crippen LogP) is 3.27. The van der Waals surface area contributed by atoms with Crippen molar-refractivity contribution < 1.29 is 22.3 Å². The molecule has 0 fully saturated rings. The summed E-state index contributed by atoms with van der Waals surface area (Å²) in [6.07, 6.45) is 4.65. The highest BCUT2D eigenvalue weighted by Gasteiger charge is 2.21. The van der Waals surface area contributed by atoms with Crippen LogP contribution in [0.4, 0.5) is 4.39 Å². The highest BCUT2D eigenvalue weighted by molar-refractivity contribution is 9.10. The van der Waals surface area contributed by atoms with Crippen molar-refractivity contribution in [3.63, 3.8) is 0 Å². The molecule has 3 aromatic rings. The Hall–Kier alpha value is -2.43. The third kappa shape index (κ3) is 4.18. The number of sulfonamides is 1. The molecular formula is C18H17BrFN3O4S. The van der Waals surface area contributed by atoms with Crippen molar-refractivity contribution in [3.05, 3.63) is 64.9 Å². The quantitative estimate of drug-likeness (QED) is 0.574. The van der Waals surface area contributed by atoms with Gasteiger partial charge in [-0.2, -0.15) is 0 Å². The Morgan fingerprint density at radius 3 is 2.50 bits per heavy atom. The molecule has 0 aliphatic rings. The van der Waals surface area contributed by atoms with Gasteiger partial charge in [-0.25, -0.2) is 22.5 Å². The molecule has 0 atom stereocenters. The van der Waals surface area contributed by atoms with E-state index in [1.807, 2.05) is 0 Å². The van der Waals surface area contributed by atoms with Gasteiger partial charge in [0.25, 0.3) is 0 Å². The number of imidazole rings is 1. The molecule has 7 nitrogen and oxygen atoms in total. The van der Waals surface area contributed by atoms with Crippen molar-refractivity contribution in [2.45, 2.75) is 11.4 Å². The molecule has 0 aliphatic heterocycles. The summed E-state index contributed by atoms with van der Waals surface area (Å²) in [6.45, 7) is -0.0791. The number of nitrogens with zero attached hydrogens (tertiary/aromatic N) is 2. The summed E-state index contributed by atoms with van der Waals surface area (Å²) < 4.78 is 54.3. The average Bonchev–Trinajstić information content (AvgIpc) is 3.20. The topological polar surface area (TPSA) is 82.5 Å². The molecule has 0 aliphatic carbocycles. The van der Waals surface area contributed by atoms with E-state index >= 15 is 0 Å². The monoisotopic (exact) mass is 469 g/mol. The van der Waals surface area contributed by atoms with Crippen LogP contribution in [0.1, 0.15) is 5.56 Å². The molecule has 28 heavy (non-hydrogen) atoms. The molecule has 0 bridgehead atoms. The average molecular weight is 470 g/mol. The molecule has 1 aromatic heterocycles. The minimum absolute atomic E-state index is 0.0133. The normalized spacial score (nSPS) is 11.4. The van der Waals surface area contributed by atoms with Crippen LogP contribution in [0.15, 0.2) is 58.4 Å². The maximum absolute atomic E-state index is 14.3. The van der Waals surface area contributed by atoms with E-state index in [1.54, 1.807) is 24.5 Å². The standard InChI is InChI=1S/C18H17BrFN3O4S/c1-26-16-8-13(19)18(9-17(16)27-2)28(24,25)22-10-12-3-4-15(14(20)7-12)23-6-5-21-11-23/h3-9,11,22H,10H2,1-2H3. The van der Waals surface area contributed by atoms with E-state index < -0.39 is 15.8 Å². The van der Waals surface area contributed by atoms with Crippen LogP contribution >= 0.6 is 15.9 Å². The molecule has 1 N–H and O–H groups in total. The van der Waals surface area contributed by atoms with E-state index in [2.05, 4.69) is 25.6 Å². The SMILES string of the molecule is COc1cc(Br)c(S(=O)(=O)NCc2ccc(-n3ccnc3)c(F)c2)cc1OC. The lowest BCUT2D eigenvalue weighted by Crippen LogP contribution is -2.24. The van der Waals surface area contributed by atoms with Gasteiger partial charge in [-0.3, -0.25) is 0 Å². The smallest absolute Gasteiger partial charge is 0.242 e. The number of aromatic nitrogens is 2. The van der Waals surface area contributed by atoms with Gasteiger partial charge in [0.1, 0.15) is 10.7 Å². The Morgan fingerprint density at radius 1 is 1.18 bits per heavy atom. The lowest BCUT2D eigenvalue weighted by atomic mass is 10.2. The van der Waals surface area contributed by atoms with Gasteiger partial charge >= 0.3 is 0 Å². The van der Waals surface area contributed by atoms with Gasteiger partial charge < -0.3 is 14.0 Å². The maximum atomic E-state index is 14.3. The van der Waals surface area contributed by atoms with Gasteiger partial charge in [0.05, 0.1) is 26.2 Å². The molecule has 3 rings (SSSR count). The van der Waals surface area contributed by atoms with Crippen molar-refractivity contribution in [2.24, 2.45) is 0 Å². The number of halogens is 2. The third-order valence-electron chi connectivity index (χ3n) is 3.99. The number of nitrogens with one attached hydrogen (secondary N) is 1. The largest absolute Gasteiger partial charge is 0.493 e. The Bertz CT molecular complexity index is 1090. The first-order valence-corrected chi connectivity index (χ1v) is 10.3. The second-order valence-corrected chi connectivity index (χ2v) is 8.31. The minimum Gasteiger partial charge on any atom is -0.493 e. The van der Waals surface area contributed by atoms with Gasteiger partial charge in [-0.1, -0.05) is 6.07 Å². The molecule has 10 heteroatoms. The van der Waals surface area contributed by atoms with Crippen molar-refractivity contribution in [3.8, 4) is 17.2 Å². The zero-order valence-electron chi connectivity index (χ0n) is 15.0. The lowest BCUT2D eigenvalue weighted by Gasteiger charge is -2.13. The molecular weight excluding hydrogens is 453 g/mol.